The first-order chi connectivity index (χ1) is 16.1. The van der Waals surface area contributed by atoms with E-state index in [-0.39, 0.29) is 11.6 Å². The van der Waals surface area contributed by atoms with Gasteiger partial charge in [-0.2, -0.15) is 0 Å². The first kappa shape index (κ1) is 21.3. The minimum Gasteiger partial charge on any atom is -0.497 e. The number of likely N-dealkylation sites (tertiary alicyclic amines) is 1. The normalized spacial score (nSPS) is 17.8. The Kier molecular flexibility index (Phi) is 5.92. The van der Waals surface area contributed by atoms with Gasteiger partial charge in [0.05, 0.1) is 13.7 Å². The number of piperidine rings is 1. The summed E-state index contributed by atoms with van der Waals surface area (Å²) in [6.45, 7) is 3.65. The molecule has 0 saturated carbocycles. The monoisotopic (exact) mass is 444 g/mol. The average Bonchev–Trinajstić information content (AvgIpc) is 3.28. The van der Waals surface area contributed by atoms with E-state index in [0.717, 1.165) is 41.6 Å². The third-order valence-corrected chi connectivity index (χ3v) is 6.54. The van der Waals surface area contributed by atoms with Gasteiger partial charge in [0.1, 0.15) is 11.8 Å². The molecule has 2 aromatic heterocycles. The van der Waals surface area contributed by atoms with Crippen LogP contribution in [-0.2, 0) is 6.54 Å². The third kappa shape index (κ3) is 4.26. The van der Waals surface area contributed by atoms with Gasteiger partial charge in [-0.15, -0.1) is 5.10 Å². The van der Waals surface area contributed by atoms with E-state index < -0.39 is 0 Å². The molecule has 3 heterocycles. The van der Waals surface area contributed by atoms with Crippen molar-refractivity contribution in [1.82, 2.24) is 30.1 Å². The number of aromatic nitrogens is 5. The van der Waals surface area contributed by atoms with Gasteiger partial charge >= 0.3 is 0 Å². The van der Waals surface area contributed by atoms with E-state index in [1.165, 1.54) is 6.42 Å². The van der Waals surface area contributed by atoms with Crippen molar-refractivity contribution in [2.75, 3.05) is 13.7 Å². The molecule has 0 amide bonds. The van der Waals surface area contributed by atoms with Crippen LogP contribution in [0.25, 0.3) is 10.9 Å². The fraction of sp³-hybridized carbons (Fsp3) is 0.360. The SMILES string of the molecule is COc1ccc2[nH]c(=O)c([C@@H](c3nnnn3Cc3ccccc3)N3CCCC[C@@H]3C)cc2c1. The van der Waals surface area contributed by atoms with Crippen LogP contribution in [0.5, 0.6) is 5.75 Å². The van der Waals surface area contributed by atoms with E-state index in [2.05, 4.69) is 44.5 Å². The number of nitrogens with one attached hydrogen (secondary N) is 1. The van der Waals surface area contributed by atoms with E-state index in [1.807, 2.05) is 47.1 Å². The Balaban J connectivity index is 1.65. The minimum absolute atomic E-state index is 0.121. The van der Waals surface area contributed by atoms with Crippen molar-refractivity contribution in [2.45, 2.75) is 44.8 Å². The van der Waals surface area contributed by atoms with Crippen LogP contribution in [0, 0.1) is 0 Å². The second-order valence-corrected chi connectivity index (χ2v) is 8.67. The van der Waals surface area contributed by atoms with Crippen LogP contribution in [0.4, 0.5) is 0 Å². The van der Waals surface area contributed by atoms with Gasteiger partial charge in [-0.3, -0.25) is 9.69 Å². The van der Waals surface area contributed by atoms with E-state index >= 15 is 0 Å². The Bertz CT molecular complexity index is 1300. The number of nitrogens with zero attached hydrogens (tertiary/aromatic N) is 5. The number of aromatic amines is 1. The number of hydrogen-bond donors (Lipinski definition) is 1. The van der Waals surface area contributed by atoms with Crippen LogP contribution in [-0.4, -0.2) is 49.8 Å². The predicted octanol–water partition coefficient (Wildman–Crippen LogP) is 3.54. The van der Waals surface area contributed by atoms with Crippen molar-refractivity contribution in [3.8, 4) is 5.75 Å². The lowest BCUT2D eigenvalue weighted by atomic mass is 9.96. The number of H-pyrrole nitrogens is 1. The number of ether oxygens (including phenoxy) is 1. The predicted molar refractivity (Wildman–Crippen MR) is 126 cm³/mol. The van der Waals surface area contributed by atoms with Crippen molar-refractivity contribution >= 4 is 10.9 Å². The van der Waals surface area contributed by atoms with Crippen molar-refractivity contribution in [2.24, 2.45) is 0 Å². The Morgan fingerprint density at radius 2 is 2.00 bits per heavy atom. The molecule has 2 atom stereocenters. The van der Waals surface area contributed by atoms with Crippen molar-refractivity contribution in [3.05, 3.63) is 81.9 Å². The van der Waals surface area contributed by atoms with Crippen LogP contribution in [0.1, 0.15) is 49.2 Å². The molecule has 0 bridgehead atoms. The molecule has 8 nitrogen and oxygen atoms in total. The zero-order valence-corrected chi connectivity index (χ0v) is 18.9. The molecule has 1 aliphatic rings. The zero-order chi connectivity index (χ0) is 22.8. The molecular weight excluding hydrogens is 416 g/mol. The Morgan fingerprint density at radius 1 is 1.15 bits per heavy atom. The van der Waals surface area contributed by atoms with Crippen molar-refractivity contribution < 1.29 is 4.74 Å². The lowest BCUT2D eigenvalue weighted by Gasteiger charge is -2.38. The molecular formula is C25H28N6O2. The van der Waals surface area contributed by atoms with Gasteiger partial charge in [0.2, 0.25) is 0 Å². The van der Waals surface area contributed by atoms with Gasteiger partial charge in [0, 0.05) is 22.5 Å². The number of rotatable bonds is 6. The van der Waals surface area contributed by atoms with Gasteiger partial charge in [0.25, 0.3) is 5.56 Å². The number of methoxy groups -OCH3 is 1. The highest BCUT2D eigenvalue weighted by Crippen LogP contribution is 2.33. The van der Waals surface area contributed by atoms with Crippen LogP contribution >= 0.6 is 0 Å². The maximum absolute atomic E-state index is 13.4. The average molecular weight is 445 g/mol. The molecule has 1 saturated heterocycles. The smallest absolute Gasteiger partial charge is 0.253 e. The minimum atomic E-state index is -0.349. The maximum atomic E-state index is 13.4. The standard InChI is InChI=1S/C25H28N6O2/c1-17-8-6-7-13-30(17)23(24-27-28-29-31(24)16-18-9-4-3-5-10-18)21-15-19-14-20(33-2)11-12-22(19)26-25(21)32/h3-5,9-12,14-15,17,23H,6-8,13,16H2,1-2H3,(H,26,32)/t17-,23-/m0/s1. The number of fused-ring (bicyclic) bond motifs is 1. The summed E-state index contributed by atoms with van der Waals surface area (Å²) in [4.78, 5) is 18.8. The van der Waals surface area contributed by atoms with E-state index in [9.17, 15) is 4.79 Å². The molecule has 170 valence electrons. The second-order valence-electron chi connectivity index (χ2n) is 8.67. The largest absolute Gasteiger partial charge is 0.497 e. The van der Waals surface area contributed by atoms with Crippen molar-refractivity contribution in [1.29, 1.82) is 0 Å². The van der Waals surface area contributed by atoms with Gasteiger partial charge in [0.15, 0.2) is 5.82 Å². The highest BCUT2D eigenvalue weighted by atomic mass is 16.5. The molecule has 4 aromatic rings. The van der Waals surface area contributed by atoms with Gasteiger partial charge in [-0.25, -0.2) is 4.68 Å². The molecule has 2 aromatic carbocycles. The van der Waals surface area contributed by atoms with Crippen LogP contribution in [0.2, 0.25) is 0 Å². The zero-order valence-electron chi connectivity index (χ0n) is 18.9. The van der Waals surface area contributed by atoms with E-state index in [1.54, 1.807) is 7.11 Å². The van der Waals surface area contributed by atoms with Gasteiger partial charge in [-0.1, -0.05) is 36.8 Å². The Morgan fingerprint density at radius 3 is 2.79 bits per heavy atom. The fourth-order valence-corrected chi connectivity index (χ4v) is 4.78. The topological polar surface area (TPSA) is 88.9 Å². The highest BCUT2D eigenvalue weighted by Gasteiger charge is 2.34. The van der Waals surface area contributed by atoms with Crippen molar-refractivity contribution in [3.63, 3.8) is 0 Å². The molecule has 5 rings (SSSR count). The second kappa shape index (κ2) is 9.15. The summed E-state index contributed by atoms with van der Waals surface area (Å²) in [5, 5.41) is 13.7. The fourth-order valence-electron chi connectivity index (χ4n) is 4.78. The molecule has 33 heavy (non-hydrogen) atoms. The maximum Gasteiger partial charge on any atom is 0.253 e. The van der Waals surface area contributed by atoms with Crippen LogP contribution in [0.3, 0.4) is 0 Å². The van der Waals surface area contributed by atoms with Crippen LogP contribution < -0.4 is 10.3 Å². The first-order valence-electron chi connectivity index (χ1n) is 11.4. The third-order valence-electron chi connectivity index (χ3n) is 6.54. The number of tetrazole rings is 1. The molecule has 8 heteroatoms. The summed E-state index contributed by atoms with van der Waals surface area (Å²) < 4.78 is 7.22. The van der Waals surface area contributed by atoms with E-state index in [0.29, 0.717) is 24.0 Å². The molecule has 1 fully saturated rings. The lowest BCUT2D eigenvalue weighted by Crippen LogP contribution is -2.43. The Labute approximate surface area is 192 Å². The summed E-state index contributed by atoms with van der Waals surface area (Å²) in [6, 6.07) is 17.7. The molecule has 0 spiro atoms. The molecule has 0 unspecified atom stereocenters. The molecule has 0 radical (unpaired) electrons. The summed E-state index contributed by atoms with van der Waals surface area (Å²) in [6.07, 6.45) is 3.35. The van der Waals surface area contributed by atoms with E-state index in [4.69, 9.17) is 4.74 Å². The summed E-state index contributed by atoms with van der Waals surface area (Å²) >= 11 is 0. The quantitative estimate of drug-likeness (QED) is 0.489. The van der Waals surface area contributed by atoms with Crippen LogP contribution in [0.15, 0.2) is 59.4 Å². The first-order valence-corrected chi connectivity index (χ1v) is 11.4. The summed E-state index contributed by atoms with van der Waals surface area (Å²) in [5.74, 6) is 1.43. The molecule has 1 N–H and O–H groups in total. The number of hydrogen-bond acceptors (Lipinski definition) is 6. The van der Waals surface area contributed by atoms with Gasteiger partial charge < -0.3 is 9.72 Å². The highest BCUT2D eigenvalue weighted by molar-refractivity contribution is 5.80. The number of pyridine rings is 1. The number of benzene rings is 2. The Hall–Kier alpha value is -3.52. The summed E-state index contributed by atoms with van der Waals surface area (Å²) in [5.41, 5.74) is 2.41. The molecule has 0 aliphatic carbocycles. The molecule has 1 aliphatic heterocycles. The van der Waals surface area contributed by atoms with Gasteiger partial charge in [-0.05, 0) is 66.6 Å². The lowest BCUT2D eigenvalue weighted by molar-refractivity contribution is 0.117. The summed E-state index contributed by atoms with van der Waals surface area (Å²) in [7, 11) is 1.64.